The topological polar surface area (TPSA) is 128 Å². The van der Waals surface area contributed by atoms with Crippen LogP contribution in [-0.4, -0.2) is 23.8 Å². The summed E-state index contributed by atoms with van der Waals surface area (Å²) >= 11 is 1.06. The summed E-state index contributed by atoms with van der Waals surface area (Å²) < 4.78 is 0. The van der Waals surface area contributed by atoms with Crippen molar-refractivity contribution in [3.8, 4) is 0 Å². The summed E-state index contributed by atoms with van der Waals surface area (Å²) in [6.45, 7) is 0.515. The number of anilines is 2. The minimum atomic E-state index is -0.687. The van der Waals surface area contributed by atoms with Crippen molar-refractivity contribution in [3.63, 3.8) is 0 Å². The summed E-state index contributed by atoms with van der Waals surface area (Å²) in [5, 5.41) is 0.519. The molecule has 0 radical (unpaired) electrons. The molecule has 0 aliphatic rings. The van der Waals surface area contributed by atoms with E-state index < -0.39 is 11.8 Å². The molecule has 0 aliphatic carbocycles. The molecule has 0 spiro atoms. The van der Waals surface area contributed by atoms with E-state index in [9.17, 15) is 9.59 Å². The molecule has 0 atom stereocenters. The fraction of sp³-hybridized carbons (Fsp3) is 0.154. The van der Waals surface area contributed by atoms with Crippen LogP contribution in [0.4, 0.5) is 10.7 Å². The van der Waals surface area contributed by atoms with Gasteiger partial charge in [-0.25, -0.2) is 0 Å². The van der Waals surface area contributed by atoms with Crippen LogP contribution in [0.3, 0.4) is 0 Å². The van der Waals surface area contributed by atoms with E-state index in [-0.39, 0.29) is 16.1 Å². The molecule has 6 N–H and O–H groups in total. The first kappa shape index (κ1) is 14.8. The normalized spacial score (nSPS) is 10.3. The van der Waals surface area contributed by atoms with E-state index in [0.717, 1.165) is 16.9 Å². The molecule has 2 aromatic heterocycles. The van der Waals surface area contributed by atoms with E-state index in [1.165, 1.54) is 0 Å². The Labute approximate surface area is 125 Å². The van der Waals surface area contributed by atoms with Gasteiger partial charge in [-0.1, -0.05) is 0 Å². The predicted octanol–water partition coefficient (Wildman–Crippen LogP) is 0.560. The van der Waals surface area contributed by atoms with Gasteiger partial charge in [0.15, 0.2) is 0 Å². The quantitative estimate of drug-likeness (QED) is 0.743. The van der Waals surface area contributed by atoms with Crippen LogP contribution in [0.1, 0.15) is 25.6 Å². The SMILES string of the molecule is CN(Cc1ccncc1)c1sc(C(N)=O)c(N)c1C(N)=O. The molecular weight excluding hydrogens is 290 g/mol. The first-order chi connectivity index (χ1) is 9.91. The molecule has 2 amide bonds. The largest absolute Gasteiger partial charge is 0.397 e. The lowest BCUT2D eigenvalue weighted by Crippen LogP contribution is -2.21. The second-order valence-corrected chi connectivity index (χ2v) is 5.46. The van der Waals surface area contributed by atoms with Crippen LogP contribution in [0.2, 0.25) is 0 Å². The van der Waals surface area contributed by atoms with Crippen molar-refractivity contribution in [1.82, 2.24) is 4.98 Å². The van der Waals surface area contributed by atoms with E-state index >= 15 is 0 Å². The van der Waals surface area contributed by atoms with E-state index in [1.54, 1.807) is 24.3 Å². The highest BCUT2D eigenvalue weighted by molar-refractivity contribution is 7.19. The first-order valence-corrected chi connectivity index (χ1v) is 6.85. The van der Waals surface area contributed by atoms with Gasteiger partial charge in [-0.3, -0.25) is 14.6 Å². The molecule has 110 valence electrons. The Kier molecular flexibility index (Phi) is 4.08. The maximum Gasteiger partial charge on any atom is 0.260 e. The number of pyridine rings is 1. The summed E-state index contributed by atoms with van der Waals surface area (Å²) in [6.07, 6.45) is 3.35. The van der Waals surface area contributed by atoms with Gasteiger partial charge in [0.2, 0.25) is 0 Å². The van der Waals surface area contributed by atoms with Crippen molar-refractivity contribution in [1.29, 1.82) is 0 Å². The maximum absolute atomic E-state index is 11.6. The number of carbonyl (C=O) groups is 2. The number of thiophene rings is 1. The monoisotopic (exact) mass is 305 g/mol. The van der Waals surface area contributed by atoms with E-state index in [4.69, 9.17) is 17.2 Å². The van der Waals surface area contributed by atoms with Gasteiger partial charge in [0.1, 0.15) is 9.88 Å². The summed E-state index contributed by atoms with van der Waals surface area (Å²) in [4.78, 5) is 28.8. The van der Waals surface area contributed by atoms with Crippen molar-refractivity contribution in [2.75, 3.05) is 17.7 Å². The number of primary amides is 2. The molecule has 2 rings (SSSR count). The molecule has 0 aliphatic heterocycles. The van der Waals surface area contributed by atoms with Gasteiger partial charge >= 0.3 is 0 Å². The van der Waals surface area contributed by atoms with Crippen molar-refractivity contribution in [3.05, 3.63) is 40.5 Å². The standard InChI is InChI=1S/C13H15N5O2S/c1-18(6-7-2-4-17-5-3-7)13-8(11(15)19)9(14)10(21-13)12(16)20/h2-5H,6,14H2,1H3,(H2,15,19)(H2,16,20). The zero-order valence-electron chi connectivity index (χ0n) is 11.4. The summed E-state index contributed by atoms with van der Waals surface area (Å²) in [5.41, 5.74) is 17.6. The van der Waals surface area contributed by atoms with Crippen LogP contribution in [0.15, 0.2) is 24.5 Å². The van der Waals surface area contributed by atoms with Gasteiger partial charge in [-0.2, -0.15) is 0 Å². The van der Waals surface area contributed by atoms with Crippen LogP contribution in [0.5, 0.6) is 0 Å². The number of carbonyl (C=O) groups excluding carboxylic acids is 2. The lowest BCUT2D eigenvalue weighted by atomic mass is 10.2. The van der Waals surface area contributed by atoms with Gasteiger partial charge < -0.3 is 22.1 Å². The number of aromatic nitrogens is 1. The Balaban J connectivity index is 2.40. The zero-order valence-corrected chi connectivity index (χ0v) is 12.2. The number of nitrogens with two attached hydrogens (primary N) is 3. The fourth-order valence-corrected chi connectivity index (χ4v) is 2.99. The molecule has 7 nitrogen and oxygen atoms in total. The van der Waals surface area contributed by atoms with E-state index in [0.29, 0.717) is 11.5 Å². The van der Waals surface area contributed by atoms with Gasteiger partial charge in [0.05, 0.1) is 11.3 Å². The molecule has 0 fully saturated rings. The lowest BCUT2D eigenvalue weighted by molar-refractivity contribution is 0.0999. The maximum atomic E-state index is 11.6. The van der Waals surface area contributed by atoms with E-state index in [1.807, 2.05) is 12.1 Å². The zero-order chi connectivity index (χ0) is 15.6. The molecule has 0 saturated carbocycles. The summed E-state index contributed by atoms with van der Waals surface area (Å²) in [6, 6.07) is 3.71. The highest BCUT2D eigenvalue weighted by atomic mass is 32.1. The molecule has 0 unspecified atom stereocenters. The smallest absolute Gasteiger partial charge is 0.260 e. The Morgan fingerprint density at radius 1 is 1.24 bits per heavy atom. The van der Waals surface area contributed by atoms with Gasteiger partial charge in [-0.05, 0) is 17.7 Å². The highest BCUT2D eigenvalue weighted by Crippen LogP contribution is 2.37. The number of amides is 2. The Morgan fingerprint density at radius 2 is 1.86 bits per heavy atom. The third-order valence-electron chi connectivity index (χ3n) is 2.91. The van der Waals surface area contributed by atoms with Crippen LogP contribution in [0, 0.1) is 0 Å². The van der Waals surface area contributed by atoms with Crippen LogP contribution in [0.25, 0.3) is 0 Å². The lowest BCUT2D eigenvalue weighted by Gasteiger charge is -2.18. The Morgan fingerprint density at radius 3 is 2.38 bits per heavy atom. The second kappa shape index (κ2) is 5.80. The third kappa shape index (κ3) is 2.95. The van der Waals surface area contributed by atoms with Crippen molar-refractivity contribution >= 4 is 33.8 Å². The van der Waals surface area contributed by atoms with E-state index in [2.05, 4.69) is 4.98 Å². The van der Waals surface area contributed by atoms with Crippen LogP contribution >= 0.6 is 11.3 Å². The third-order valence-corrected chi connectivity index (χ3v) is 4.25. The number of hydrogen-bond donors (Lipinski definition) is 3. The molecule has 2 heterocycles. The Hall–Kier alpha value is -2.61. The molecule has 0 aromatic carbocycles. The Bertz CT molecular complexity index is 683. The number of nitrogen functional groups attached to an aromatic ring is 1. The van der Waals surface area contributed by atoms with Gasteiger partial charge in [0.25, 0.3) is 11.8 Å². The van der Waals surface area contributed by atoms with Crippen LogP contribution in [-0.2, 0) is 6.54 Å². The van der Waals surface area contributed by atoms with Crippen molar-refractivity contribution in [2.45, 2.75) is 6.54 Å². The molecule has 2 aromatic rings. The highest BCUT2D eigenvalue weighted by Gasteiger charge is 2.25. The van der Waals surface area contributed by atoms with Crippen LogP contribution < -0.4 is 22.1 Å². The summed E-state index contributed by atoms with van der Waals surface area (Å²) in [7, 11) is 1.78. The molecule has 8 heteroatoms. The predicted molar refractivity (Wildman–Crippen MR) is 82.1 cm³/mol. The minimum absolute atomic E-state index is 0.0385. The number of hydrogen-bond acceptors (Lipinski definition) is 6. The summed E-state index contributed by atoms with van der Waals surface area (Å²) in [5.74, 6) is -1.36. The average Bonchev–Trinajstić information content (AvgIpc) is 2.78. The van der Waals surface area contributed by atoms with Crippen molar-refractivity contribution in [2.24, 2.45) is 11.5 Å². The number of nitrogens with zero attached hydrogens (tertiary/aromatic N) is 2. The fourth-order valence-electron chi connectivity index (χ4n) is 1.96. The minimum Gasteiger partial charge on any atom is -0.397 e. The van der Waals surface area contributed by atoms with Gasteiger partial charge in [-0.15, -0.1) is 11.3 Å². The molecule has 0 saturated heterocycles. The first-order valence-electron chi connectivity index (χ1n) is 6.03. The average molecular weight is 305 g/mol. The molecule has 0 bridgehead atoms. The van der Waals surface area contributed by atoms with Crippen molar-refractivity contribution < 1.29 is 9.59 Å². The molecule has 21 heavy (non-hydrogen) atoms. The number of rotatable bonds is 5. The molecular formula is C13H15N5O2S. The second-order valence-electron chi connectivity index (χ2n) is 4.47. The van der Waals surface area contributed by atoms with Gasteiger partial charge in [0, 0.05) is 26.0 Å².